The lowest BCUT2D eigenvalue weighted by Crippen LogP contribution is -2.47. The zero-order valence-electron chi connectivity index (χ0n) is 16.9. The van der Waals surface area contributed by atoms with Crippen molar-refractivity contribution in [1.29, 1.82) is 0 Å². The van der Waals surface area contributed by atoms with E-state index in [0.717, 1.165) is 24.0 Å². The maximum Gasteiger partial charge on any atom is 0.254 e. The van der Waals surface area contributed by atoms with Crippen molar-refractivity contribution in [3.05, 3.63) is 70.2 Å². The molecule has 0 aliphatic carbocycles. The lowest BCUT2D eigenvalue weighted by molar-refractivity contribution is -0.127. The number of rotatable bonds is 6. The average Bonchev–Trinajstić information content (AvgIpc) is 2.73. The van der Waals surface area contributed by atoms with Crippen molar-refractivity contribution in [2.75, 3.05) is 26.8 Å². The van der Waals surface area contributed by atoms with Crippen LogP contribution in [-0.2, 0) is 9.53 Å². The predicted molar refractivity (Wildman–Crippen MR) is 114 cm³/mol. The number of hydrogen-bond acceptors (Lipinski definition) is 3. The van der Waals surface area contributed by atoms with E-state index in [4.69, 9.17) is 16.3 Å². The second-order valence-corrected chi connectivity index (χ2v) is 7.89. The van der Waals surface area contributed by atoms with Crippen LogP contribution in [0.4, 0.5) is 0 Å². The first-order valence-corrected chi connectivity index (χ1v) is 10.3. The molecule has 1 heterocycles. The molecule has 1 N–H and O–H groups in total. The summed E-state index contributed by atoms with van der Waals surface area (Å²) in [5.41, 5.74) is 2.83. The molecule has 2 atom stereocenters. The van der Waals surface area contributed by atoms with Crippen molar-refractivity contribution >= 4 is 23.4 Å². The average molecular weight is 415 g/mol. The molecule has 29 heavy (non-hydrogen) atoms. The quantitative estimate of drug-likeness (QED) is 0.726. The number of carbonyl (C=O) groups is 2. The van der Waals surface area contributed by atoms with E-state index in [1.54, 1.807) is 31.4 Å². The van der Waals surface area contributed by atoms with Crippen LogP contribution in [0.3, 0.4) is 0 Å². The Morgan fingerprint density at radius 2 is 1.93 bits per heavy atom. The fraction of sp³-hybridized carbons (Fsp3) is 0.391. The highest BCUT2D eigenvalue weighted by molar-refractivity contribution is 6.30. The van der Waals surface area contributed by atoms with Gasteiger partial charge < -0.3 is 15.0 Å². The minimum atomic E-state index is -0.232. The molecule has 0 bridgehead atoms. The number of methoxy groups -OCH3 is 1. The molecule has 1 aliphatic rings. The fourth-order valence-corrected chi connectivity index (χ4v) is 3.94. The third-order valence-corrected chi connectivity index (χ3v) is 5.59. The Bertz CT molecular complexity index is 853. The van der Waals surface area contributed by atoms with E-state index in [0.29, 0.717) is 30.3 Å². The molecule has 2 amide bonds. The number of nitrogens with zero attached hydrogens (tertiary/aromatic N) is 1. The van der Waals surface area contributed by atoms with Gasteiger partial charge in [0.25, 0.3) is 5.91 Å². The smallest absolute Gasteiger partial charge is 0.254 e. The maximum atomic E-state index is 13.3. The molecule has 0 aromatic heterocycles. The zero-order valence-corrected chi connectivity index (χ0v) is 17.6. The molecule has 1 saturated heterocycles. The number of ether oxygens (including phenoxy) is 1. The number of aryl methyl sites for hydroxylation is 1. The Morgan fingerprint density at radius 3 is 2.62 bits per heavy atom. The van der Waals surface area contributed by atoms with E-state index in [9.17, 15) is 9.59 Å². The van der Waals surface area contributed by atoms with E-state index < -0.39 is 0 Å². The van der Waals surface area contributed by atoms with E-state index in [1.165, 1.54) is 0 Å². The Morgan fingerprint density at radius 1 is 1.17 bits per heavy atom. The SMILES string of the molecule is COCCNC(=O)[C@H]1CC[C@@H](c2cccc(C)c2)N(C(=O)c2ccc(Cl)cc2)C1. The standard InChI is InChI=1S/C23H27ClN2O3/c1-16-4-3-5-18(14-16)21-11-8-19(22(27)25-12-13-29-2)15-26(21)23(28)17-6-9-20(24)10-7-17/h3-7,9-10,14,19,21H,8,11-13,15H2,1-2H3,(H,25,27)/t19-,21-/m0/s1. The molecule has 0 unspecified atom stereocenters. The third kappa shape index (κ3) is 5.37. The van der Waals surface area contributed by atoms with Crippen LogP contribution in [-0.4, -0.2) is 43.5 Å². The van der Waals surface area contributed by atoms with Crippen LogP contribution < -0.4 is 5.32 Å². The largest absolute Gasteiger partial charge is 0.383 e. The van der Waals surface area contributed by atoms with Gasteiger partial charge in [-0.05, 0) is 49.6 Å². The van der Waals surface area contributed by atoms with Crippen LogP contribution in [0.5, 0.6) is 0 Å². The first-order valence-electron chi connectivity index (χ1n) is 9.89. The van der Waals surface area contributed by atoms with Crippen LogP contribution >= 0.6 is 11.6 Å². The first-order chi connectivity index (χ1) is 14.0. The molecule has 0 spiro atoms. The van der Waals surface area contributed by atoms with Gasteiger partial charge >= 0.3 is 0 Å². The van der Waals surface area contributed by atoms with E-state index in [2.05, 4.69) is 17.4 Å². The molecule has 5 nitrogen and oxygen atoms in total. The topological polar surface area (TPSA) is 58.6 Å². The van der Waals surface area contributed by atoms with Gasteiger partial charge in [-0.15, -0.1) is 0 Å². The van der Waals surface area contributed by atoms with Crippen molar-refractivity contribution in [2.24, 2.45) is 5.92 Å². The fourth-order valence-electron chi connectivity index (χ4n) is 3.81. The summed E-state index contributed by atoms with van der Waals surface area (Å²) in [4.78, 5) is 27.8. The molecule has 1 fully saturated rings. The first kappa shape index (κ1) is 21.3. The summed E-state index contributed by atoms with van der Waals surface area (Å²) in [5, 5.41) is 3.49. The normalized spacial score (nSPS) is 19.1. The van der Waals surface area contributed by atoms with Gasteiger partial charge in [-0.1, -0.05) is 41.4 Å². The van der Waals surface area contributed by atoms with Crippen LogP contribution in [0, 0.1) is 12.8 Å². The van der Waals surface area contributed by atoms with Gasteiger partial charge in [-0.2, -0.15) is 0 Å². The number of nitrogens with one attached hydrogen (secondary N) is 1. The summed E-state index contributed by atoms with van der Waals surface area (Å²) < 4.78 is 5.00. The number of amides is 2. The minimum Gasteiger partial charge on any atom is -0.383 e. The highest BCUT2D eigenvalue weighted by Gasteiger charge is 2.35. The lowest BCUT2D eigenvalue weighted by atomic mass is 9.87. The molecular formula is C23H27ClN2O3. The lowest BCUT2D eigenvalue weighted by Gasteiger charge is -2.39. The number of hydrogen-bond donors (Lipinski definition) is 1. The highest BCUT2D eigenvalue weighted by atomic mass is 35.5. The summed E-state index contributed by atoms with van der Waals surface area (Å²) >= 11 is 5.98. The summed E-state index contributed by atoms with van der Waals surface area (Å²) in [5.74, 6) is -0.342. The number of benzene rings is 2. The zero-order chi connectivity index (χ0) is 20.8. The molecule has 154 valence electrons. The van der Waals surface area contributed by atoms with E-state index >= 15 is 0 Å². The second-order valence-electron chi connectivity index (χ2n) is 7.45. The van der Waals surface area contributed by atoms with Gasteiger partial charge in [0, 0.05) is 30.8 Å². The van der Waals surface area contributed by atoms with E-state index in [-0.39, 0.29) is 23.8 Å². The molecular weight excluding hydrogens is 388 g/mol. The van der Waals surface area contributed by atoms with Crippen LogP contribution in [0.1, 0.15) is 40.4 Å². The monoisotopic (exact) mass is 414 g/mol. The van der Waals surface area contributed by atoms with Gasteiger partial charge in [-0.3, -0.25) is 9.59 Å². The second kappa shape index (κ2) is 9.90. The summed E-state index contributed by atoms with van der Waals surface area (Å²) in [6, 6.07) is 15.1. The van der Waals surface area contributed by atoms with Crippen molar-refractivity contribution in [1.82, 2.24) is 10.2 Å². The molecule has 6 heteroatoms. The van der Waals surface area contributed by atoms with Gasteiger partial charge in [0.05, 0.1) is 18.6 Å². The number of piperidine rings is 1. The highest BCUT2D eigenvalue weighted by Crippen LogP contribution is 2.35. The van der Waals surface area contributed by atoms with Crippen LogP contribution in [0.25, 0.3) is 0 Å². The van der Waals surface area contributed by atoms with Gasteiger partial charge in [0.15, 0.2) is 0 Å². The Labute approximate surface area is 177 Å². The van der Waals surface area contributed by atoms with Crippen LogP contribution in [0.15, 0.2) is 48.5 Å². The van der Waals surface area contributed by atoms with Gasteiger partial charge in [0.2, 0.25) is 5.91 Å². The van der Waals surface area contributed by atoms with E-state index in [1.807, 2.05) is 24.0 Å². The molecule has 1 aliphatic heterocycles. The number of carbonyl (C=O) groups excluding carboxylic acids is 2. The molecule has 2 aromatic carbocycles. The van der Waals surface area contributed by atoms with Crippen molar-refractivity contribution in [3.8, 4) is 0 Å². The molecule has 3 rings (SSSR count). The van der Waals surface area contributed by atoms with Gasteiger partial charge in [0.1, 0.15) is 0 Å². The Kier molecular flexibility index (Phi) is 7.29. The minimum absolute atomic E-state index is 0.0290. The summed E-state index contributed by atoms with van der Waals surface area (Å²) in [6.07, 6.45) is 1.48. The maximum absolute atomic E-state index is 13.3. The molecule has 2 aromatic rings. The van der Waals surface area contributed by atoms with Gasteiger partial charge in [-0.25, -0.2) is 0 Å². The Balaban J connectivity index is 1.84. The van der Waals surface area contributed by atoms with Crippen molar-refractivity contribution in [2.45, 2.75) is 25.8 Å². The van der Waals surface area contributed by atoms with Crippen molar-refractivity contribution < 1.29 is 14.3 Å². The predicted octanol–water partition coefficient (Wildman–Crippen LogP) is 4.00. The number of likely N-dealkylation sites (tertiary alicyclic amines) is 1. The molecule has 0 saturated carbocycles. The number of halogens is 1. The Hall–Kier alpha value is -2.37. The molecule has 0 radical (unpaired) electrons. The van der Waals surface area contributed by atoms with Crippen LogP contribution in [0.2, 0.25) is 5.02 Å². The summed E-state index contributed by atoms with van der Waals surface area (Å²) in [7, 11) is 1.60. The van der Waals surface area contributed by atoms with Crippen molar-refractivity contribution in [3.63, 3.8) is 0 Å². The third-order valence-electron chi connectivity index (χ3n) is 5.34. The summed E-state index contributed by atoms with van der Waals surface area (Å²) in [6.45, 7) is 3.37.